The van der Waals surface area contributed by atoms with Crippen LogP contribution in [0.5, 0.6) is 0 Å². The zero-order chi connectivity index (χ0) is 16.1. The molecule has 0 spiro atoms. The Morgan fingerprint density at radius 3 is 2.22 bits per heavy atom. The lowest BCUT2D eigenvalue weighted by molar-refractivity contribution is -0.131. The number of aromatic nitrogens is 2. The molecule has 1 N–H and O–H groups in total. The minimum atomic E-state index is -0.978. The highest BCUT2D eigenvalue weighted by Crippen LogP contribution is 2.34. The van der Waals surface area contributed by atoms with Crippen molar-refractivity contribution in [3.8, 4) is 22.3 Å². The van der Waals surface area contributed by atoms with Crippen LogP contribution in [0.1, 0.15) is 5.56 Å². The molecule has 0 radical (unpaired) electrons. The van der Waals surface area contributed by atoms with Gasteiger partial charge in [0.25, 0.3) is 0 Å². The molecule has 0 saturated heterocycles. The molecule has 0 aliphatic heterocycles. The first-order valence-electron chi connectivity index (χ1n) is 7.10. The third kappa shape index (κ3) is 3.32. The van der Waals surface area contributed by atoms with E-state index in [4.69, 9.17) is 5.11 Å². The van der Waals surface area contributed by atoms with Crippen molar-refractivity contribution in [3.05, 3.63) is 78.9 Å². The second kappa shape index (κ2) is 6.66. The lowest BCUT2D eigenvalue weighted by atomic mass is 9.91. The van der Waals surface area contributed by atoms with Crippen LogP contribution in [0.3, 0.4) is 0 Å². The van der Waals surface area contributed by atoms with Crippen LogP contribution < -0.4 is 0 Å². The number of benzene rings is 1. The van der Waals surface area contributed by atoms with E-state index in [9.17, 15) is 4.79 Å². The third-order valence-electron chi connectivity index (χ3n) is 3.42. The van der Waals surface area contributed by atoms with Crippen LogP contribution in [-0.4, -0.2) is 21.0 Å². The zero-order valence-corrected chi connectivity index (χ0v) is 12.3. The van der Waals surface area contributed by atoms with Crippen molar-refractivity contribution in [2.24, 2.45) is 0 Å². The van der Waals surface area contributed by atoms with E-state index >= 15 is 0 Å². The van der Waals surface area contributed by atoms with Crippen molar-refractivity contribution in [3.63, 3.8) is 0 Å². The van der Waals surface area contributed by atoms with E-state index in [0.717, 1.165) is 33.9 Å². The molecule has 0 unspecified atom stereocenters. The van der Waals surface area contributed by atoms with Crippen LogP contribution in [0.4, 0.5) is 0 Å². The molecule has 0 fully saturated rings. The molecule has 0 aliphatic rings. The van der Waals surface area contributed by atoms with E-state index in [2.05, 4.69) is 9.97 Å². The molecule has 0 amide bonds. The minimum absolute atomic E-state index is 0.821. The molecule has 0 bridgehead atoms. The molecule has 0 aliphatic carbocycles. The summed E-state index contributed by atoms with van der Waals surface area (Å²) in [4.78, 5) is 19.2. The number of hydrogen-bond acceptors (Lipinski definition) is 3. The van der Waals surface area contributed by atoms with Gasteiger partial charge in [0.1, 0.15) is 0 Å². The Labute approximate surface area is 133 Å². The molecule has 23 heavy (non-hydrogen) atoms. The molecule has 3 rings (SSSR count). The van der Waals surface area contributed by atoms with Crippen molar-refractivity contribution in [2.75, 3.05) is 0 Å². The molecule has 4 heteroatoms. The maximum atomic E-state index is 10.9. The highest BCUT2D eigenvalue weighted by molar-refractivity contribution is 5.92. The summed E-state index contributed by atoms with van der Waals surface area (Å²) in [5, 5.41) is 8.91. The quantitative estimate of drug-likeness (QED) is 0.742. The van der Waals surface area contributed by atoms with Crippen LogP contribution in [0, 0.1) is 0 Å². The summed E-state index contributed by atoms with van der Waals surface area (Å²) in [7, 11) is 0. The third-order valence-corrected chi connectivity index (χ3v) is 3.42. The lowest BCUT2D eigenvalue weighted by Gasteiger charge is -2.13. The standard InChI is InChI=1S/C19H14N2O2/c22-18(23)9-8-14-4-1-7-17(15-5-2-10-20-12-15)19(14)16-6-3-11-21-13-16/h1-13H,(H,22,23)/b9-8+. The second-order valence-electron chi connectivity index (χ2n) is 4.92. The molecule has 2 aromatic heterocycles. The molecular formula is C19H14N2O2. The van der Waals surface area contributed by atoms with Crippen LogP contribution in [-0.2, 0) is 4.79 Å². The zero-order valence-electron chi connectivity index (χ0n) is 12.3. The van der Waals surface area contributed by atoms with Gasteiger partial charge >= 0.3 is 5.97 Å². The number of carboxylic acid groups (broad SMARTS) is 1. The Bertz CT molecular complexity index is 844. The van der Waals surface area contributed by atoms with E-state index < -0.39 is 5.97 Å². The summed E-state index contributed by atoms with van der Waals surface area (Å²) in [5.74, 6) is -0.978. The van der Waals surface area contributed by atoms with Crippen LogP contribution in [0.15, 0.2) is 73.3 Å². The highest BCUT2D eigenvalue weighted by Gasteiger charge is 2.11. The molecule has 1 aromatic carbocycles. The molecule has 112 valence electrons. The fourth-order valence-electron chi connectivity index (χ4n) is 2.47. The first kappa shape index (κ1) is 14.7. The number of rotatable bonds is 4. The lowest BCUT2D eigenvalue weighted by Crippen LogP contribution is -1.92. The van der Waals surface area contributed by atoms with Gasteiger partial charge in [-0.05, 0) is 34.9 Å². The van der Waals surface area contributed by atoms with Gasteiger partial charge < -0.3 is 5.11 Å². The van der Waals surface area contributed by atoms with Crippen molar-refractivity contribution in [2.45, 2.75) is 0 Å². The Balaban J connectivity index is 2.24. The summed E-state index contributed by atoms with van der Waals surface area (Å²) in [5.41, 5.74) is 4.64. The van der Waals surface area contributed by atoms with Crippen molar-refractivity contribution < 1.29 is 9.90 Å². The number of carbonyl (C=O) groups is 1. The molecule has 2 heterocycles. The van der Waals surface area contributed by atoms with Crippen molar-refractivity contribution in [1.29, 1.82) is 0 Å². The topological polar surface area (TPSA) is 63.1 Å². The van der Waals surface area contributed by atoms with Gasteiger partial charge in [-0.3, -0.25) is 9.97 Å². The van der Waals surface area contributed by atoms with Crippen molar-refractivity contribution in [1.82, 2.24) is 9.97 Å². The fourth-order valence-corrected chi connectivity index (χ4v) is 2.47. The van der Waals surface area contributed by atoms with Gasteiger partial charge in [-0.2, -0.15) is 0 Å². The Morgan fingerprint density at radius 2 is 1.61 bits per heavy atom. The number of pyridine rings is 2. The van der Waals surface area contributed by atoms with Gasteiger partial charge in [0, 0.05) is 42.0 Å². The first-order chi connectivity index (χ1) is 11.3. The van der Waals surface area contributed by atoms with Crippen LogP contribution >= 0.6 is 0 Å². The second-order valence-corrected chi connectivity index (χ2v) is 4.92. The molecule has 0 saturated carbocycles. The van der Waals surface area contributed by atoms with Gasteiger partial charge in [-0.15, -0.1) is 0 Å². The van der Waals surface area contributed by atoms with Gasteiger partial charge in [-0.25, -0.2) is 4.79 Å². The number of hydrogen-bond donors (Lipinski definition) is 1. The molecule has 0 atom stereocenters. The van der Waals surface area contributed by atoms with E-state index in [-0.39, 0.29) is 0 Å². The van der Waals surface area contributed by atoms with Crippen molar-refractivity contribution >= 4 is 12.0 Å². The predicted octanol–water partition coefficient (Wildman–Crippen LogP) is 3.91. The average molecular weight is 302 g/mol. The van der Waals surface area contributed by atoms with Gasteiger partial charge in [0.15, 0.2) is 0 Å². The summed E-state index contributed by atoms with van der Waals surface area (Å²) in [6, 6.07) is 13.5. The Kier molecular flexibility index (Phi) is 4.25. The summed E-state index contributed by atoms with van der Waals surface area (Å²) >= 11 is 0. The molecule has 3 aromatic rings. The highest BCUT2D eigenvalue weighted by atomic mass is 16.4. The Hall–Kier alpha value is -3.27. The SMILES string of the molecule is O=C(O)/C=C/c1cccc(-c2cccnc2)c1-c1cccnc1. The molecular weight excluding hydrogens is 288 g/mol. The number of carboxylic acids is 1. The van der Waals surface area contributed by atoms with Gasteiger partial charge in [0.2, 0.25) is 0 Å². The van der Waals surface area contributed by atoms with E-state index in [1.807, 2.05) is 42.5 Å². The summed E-state index contributed by atoms with van der Waals surface area (Å²) in [6.07, 6.45) is 9.74. The smallest absolute Gasteiger partial charge is 0.328 e. The fraction of sp³-hybridized carbons (Fsp3) is 0. The van der Waals surface area contributed by atoms with E-state index in [1.54, 1.807) is 30.9 Å². The van der Waals surface area contributed by atoms with Crippen LogP contribution in [0.25, 0.3) is 28.3 Å². The van der Waals surface area contributed by atoms with E-state index in [0.29, 0.717) is 0 Å². The normalized spacial score (nSPS) is 10.8. The maximum absolute atomic E-state index is 10.9. The maximum Gasteiger partial charge on any atom is 0.328 e. The summed E-state index contributed by atoms with van der Waals surface area (Å²) < 4.78 is 0. The number of aliphatic carboxylic acids is 1. The van der Waals surface area contributed by atoms with Gasteiger partial charge in [0.05, 0.1) is 0 Å². The van der Waals surface area contributed by atoms with E-state index in [1.165, 1.54) is 0 Å². The average Bonchev–Trinajstić information content (AvgIpc) is 2.61. The largest absolute Gasteiger partial charge is 0.478 e. The van der Waals surface area contributed by atoms with Crippen LogP contribution in [0.2, 0.25) is 0 Å². The minimum Gasteiger partial charge on any atom is -0.478 e. The monoisotopic (exact) mass is 302 g/mol. The number of nitrogens with zero attached hydrogens (tertiary/aromatic N) is 2. The summed E-state index contributed by atoms with van der Waals surface area (Å²) in [6.45, 7) is 0. The molecule has 4 nitrogen and oxygen atoms in total. The Morgan fingerprint density at radius 1 is 0.913 bits per heavy atom. The predicted molar refractivity (Wildman–Crippen MR) is 89.6 cm³/mol. The first-order valence-corrected chi connectivity index (χ1v) is 7.10. The van der Waals surface area contributed by atoms with Gasteiger partial charge in [-0.1, -0.05) is 30.3 Å².